The van der Waals surface area contributed by atoms with Gasteiger partial charge in [-0.25, -0.2) is 0 Å². The molecule has 0 radical (unpaired) electrons. The number of halogens is 1. The van der Waals surface area contributed by atoms with Crippen molar-refractivity contribution in [2.45, 2.75) is 25.8 Å². The molecule has 1 aromatic carbocycles. The number of nitrogens with one attached hydrogen (secondary N) is 1. The van der Waals surface area contributed by atoms with E-state index in [2.05, 4.69) is 17.1 Å². The Morgan fingerprint density at radius 3 is 3.05 bits per heavy atom. The van der Waals surface area contributed by atoms with E-state index in [1.165, 1.54) is 12.5 Å². The predicted molar refractivity (Wildman–Crippen MR) is 83.4 cm³/mol. The lowest BCUT2D eigenvalue weighted by Gasteiger charge is -2.22. The zero-order valence-electron chi connectivity index (χ0n) is 11.0. The lowest BCUT2D eigenvalue weighted by Crippen LogP contribution is -2.40. The average molecular weight is 374 g/mol. The SMILES string of the molecule is CCN1CCCC1CNC(=O)c1ccc(I)c(O)c1. The Balaban J connectivity index is 1.92. The molecule has 0 bridgehead atoms. The Hall–Kier alpha value is -0.820. The summed E-state index contributed by atoms with van der Waals surface area (Å²) in [7, 11) is 0. The molecule has 0 spiro atoms. The highest BCUT2D eigenvalue weighted by atomic mass is 127. The standard InChI is InChI=1S/C14H19IN2O2/c1-2-17-7-3-4-11(17)9-16-14(19)10-5-6-12(15)13(18)8-10/h5-6,8,11,18H,2-4,7,9H2,1H3,(H,16,19). The normalized spacial score (nSPS) is 19.6. The minimum Gasteiger partial charge on any atom is -0.507 e. The van der Waals surface area contributed by atoms with Crippen molar-refractivity contribution >= 4 is 28.5 Å². The largest absolute Gasteiger partial charge is 0.507 e. The number of carbonyl (C=O) groups excluding carboxylic acids is 1. The quantitative estimate of drug-likeness (QED) is 0.795. The number of nitrogens with zero attached hydrogens (tertiary/aromatic N) is 1. The fraction of sp³-hybridized carbons (Fsp3) is 0.500. The number of benzene rings is 1. The van der Waals surface area contributed by atoms with Crippen molar-refractivity contribution in [2.75, 3.05) is 19.6 Å². The predicted octanol–water partition coefficient (Wildman–Crippen LogP) is 2.21. The van der Waals surface area contributed by atoms with Crippen molar-refractivity contribution in [1.29, 1.82) is 0 Å². The Kier molecular flexibility index (Phi) is 5.04. The van der Waals surface area contributed by atoms with Crippen LogP contribution in [0.15, 0.2) is 18.2 Å². The molecule has 1 unspecified atom stereocenters. The van der Waals surface area contributed by atoms with Crippen LogP contribution in [0.5, 0.6) is 5.75 Å². The van der Waals surface area contributed by atoms with Gasteiger partial charge in [-0.05, 0) is 66.7 Å². The zero-order valence-corrected chi connectivity index (χ0v) is 13.2. The number of amides is 1. The van der Waals surface area contributed by atoms with Crippen molar-refractivity contribution in [2.24, 2.45) is 0 Å². The van der Waals surface area contributed by atoms with Gasteiger partial charge in [0, 0.05) is 18.2 Å². The number of likely N-dealkylation sites (tertiary alicyclic amines) is 1. The number of phenolic OH excluding ortho intramolecular Hbond substituents is 1. The summed E-state index contributed by atoms with van der Waals surface area (Å²) in [6.07, 6.45) is 2.35. The van der Waals surface area contributed by atoms with Crippen molar-refractivity contribution < 1.29 is 9.90 Å². The van der Waals surface area contributed by atoms with Crippen LogP contribution < -0.4 is 5.32 Å². The Morgan fingerprint density at radius 2 is 2.37 bits per heavy atom. The van der Waals surface area contributed by atoms with Crippen molar-refractivity contribution in [3.05, 3.63) is 27.3 Å². The third-order valence-corrected chi connectivity index (χ3v) is 4.52. The number of phenols is 1. The summed E-state index contributed by atoms with van der Waals surface area (Å²) in [4.78, 5) is 14.4. The Labute approximate surface area is 127 Å². The molecule has 19 heavy (non-hydrogen) atoms. The van der Waals surface area contributed by atoms with E-state index in [1.807, 2.05) is 22.6 Å². The second-order valence-corrected chi connectivity index (χ2v) is 5.96. The molecule has 1 heterocycles. The van der Waals surface area contributed by atoms with Crippen molar-refractivity contribution in [3.8, 4) is 5.75 Å². The molecule has 1 amide bonds. The zero-order chi connectivity index (χ0) is 13.8. The first kappa shape index (κ1) is 14.6. The Bertz CT molecular complexity index is 465. The van der Waals surface area contributed by atoms with E-state index in [0.29, 0.717) is 18.2 Å². The van der Waals surface area contributed by atoms with E-state index in [0.717, 1.165) is 23.1 Å². The molecular weight excluding hydrogens is 355 g/mol. The maximum atomic E-state index is 12.0. The van der Waals surface area contributed by atoms with Gasteiger partial charge in [0.05, 0.1) is 3.57 Å². The van der Waals surface area contributed by atoms with Gasteiger partial charge in [-0.2, -0.15) is 0 Å². The van der Waals surface area contributed by atoms with Crippen molar-refractivity contribution in [3.63, 3.8) is 0 Å². The highest BCUT2D eigenvalue weighted by Crippen LogP contribution is 2.20. The van der Waals surface area contributed by atoms with E-state index in [4.69, 9.17) is 0 Å². The molecule has 1 fully saturated rings. The molecule has 1 aliphatic heterocycles. The minimum absolute atomic E-state index is 0.116. The highest BCUT2D eigenvalue weighted by Gasteiger charge is 2.23. The molecule has 5 heteroatoms. The fourth-order valence-corrected chi connectivity index (χ4v) is 2.84. The summed E-state index contributed by atoms with van der Waals surface area (Å²) < 4.78 is 0.752. The number of likely N-dealkylation sites (N-methyl/N-ethyl adjacent to an activating group) is 1. The first-order valence-electron chi connectivity index (χ1n) is 6.62. The van der Waals surface area contributed by atoms with E-state index >= 15 is 0 Å². The van der Waals surface area contributed by atoms with E-state index in [9.17, 15) is 9.90 Å². The van der Waals surface area contributed by atoms with Gasteiger partial charge in [-0.3, -0.25) is 9.69 Å². The van der Waals surface area contributed by atoms with Crippen LogP contribution in [0.1, 0.15) is 30.1 Å². The molecule has 2 rings (SSSR count). The summed E-state index contributed by atoms with van der Waals surface area (Å²) in [5.41, 5.74) is 0.513. The molecule has 2 N–H and O–H groups in total. The van der Waals surface area contributed by atoms with Gasteiger partial charge in [0.2, 0.25) is 0 Å². The maximum absolute atomic E-state index is 12.0. The lowest BCUT2D eigenvalue weighted by molar-refractivity contribution is 0.0941. The molecule has 1 aromatic rings. The second kappa shape index (κ2) is 6.56. The molecule has 0 saturated carbocycles. The molecule has 1 saturated heterocycles. The smallest absolute Gasteiger partial charge is 0.251 e. The van der Waals surface area contributed by atoms with Gasteiger partial charge in [0.25, 0.3) is 5.91 Å². The topological polar surface area (TPSA) is 52.6 Å². The first-order chi connectivity index (χ1) is 9.11. The highest BCUT2D eigenvalue weighted by molar-refractivity contribution is 14.1. The van der Waals surface area contributed by atoms with E-state index in [-0.39, 0.29) is 11.7 Å². The molecule has 0 aliphatic carbocycles. The molecule has 4 nitrogen and oxygen atoms in total. The van der Waals surface area contributed by atoms with Crippen LogP contribution in [0.4, 0.5) is 0 Å². The lowest BCUT2D eigenvalue weighted by atomic mass is 10.2. The van der Waals surface area contributed by atoms with Crippen LogP contribution >= 0.6 is 22.6 Å². The van der Waals surface area contributed by atoms with Crippen LogP contribution in [0.25, 0.3) is 0 Å². The van der Waals surface area contributed by atoms with Crippen LogP contribution in [0.3, 0.4) is 0 Å². The maximum Gasteiger partial charge on any atom is 0.251 e. The Morgan fingerprint density at radius 1 is 1.58 bits per heavy atom. The molecule has 1 atom stereocenters. The van der Waals surface area contributed by atoms with E-state index < -0.39 is 0 Å². The third-order valence-electron chi connectivity index (χ3n) is 3.61. The van der Waals surface area contributed by atoms with Gasteiger partial charge in [0.1, 0.15) is 5.75 Å². The van der Waals surface area contributed by atoms with Gasteiger partial charge in [-0.1, -0.05) is 6.92 Å². The number of hydrogen-bond donors (Lipinski definition) is 2. The van der Waals surface area contributed by atoms with Crippen molar-refractivity contribution in [1.82, 2.24) is 10.2 Å². The molecule has 104 valence electrons. The fourth-order valence-electron chi connectivity index (χ4n) is 2.51. The molecule has 1 aliphatic rings. The van der Waals surface area contributed by atoms with Gasteiger partial charge >= 0.3 is 0 Å². The molecular formula is C14H19IN2O2. The monoisotopic (exact) mass is 374 g/mol. The first-order valence-corrected chi connectivity index (χ1v) is 7.70. The number of hydrogen-bond acceptors (Lipinski definition) is 3. The van der Waals surface area contributed by atoms with E-state index in [1.54, 1.807) is 12.1 Å². The van der Waals surface area contributed by atoms with Crippen LogP contribution in [0, 0.1) is 3.57 Å². The average Bonchev–Trinajstić information content (AvgIpc) is 2.86. The van der Waals surface area contributed by atoms with Crippen LogP contribution in [0.2, 0.25) is 0 Å². The third kappa shape index (κ3) is 3.60. The summed E-state index contributed by atoms with van der Waals surface area (Å²) >= 11 is 2.04. The number of carbonyl (C=O) groups is 1. The van der Waals surface area contributed by atoms with Gasteiger partial charge in [-0.15, -0.1) is 0 Å². The van der Waals surface area contributed by atoms with Crippen LogP contribution in [-0.2, 0) is 0 Å². The summed E-state index contributed by atoms with van der Waals surface area (Å²) in [6.45, 7) is 4.99. The second-order valence-electron chi connectivity index (χ2n) is 4.80. The van der Waals surface area contributed by atoms with Gasteiger partial charge < -0.3 is 10.4 Å². The van der Waals surface area contributed by atoms with Crippen LogP contribution in [-0.4, -0.2) is 41.6 Å². The summed E-state index contributed by atoms with van der Waals surface area (Å²) in [5, 5.41) is 12.6. The molecule has 0 aromatic heterocycles. The van der Waals surface area contributed by atoms with Gasteiger partial charge in [0.15, 0.2) is 0 Å². The summed E-state index contributed by atoms with van der Waals surface area (Å²) in [5.74, 6) is 0.0407. The number of aromatic hydroxyl groups is 1. The number of rotatable bonds is 4. The summed E-state index contributed by atoms with van der Waals surface area (Å²) in [6, 6.07) is 5.46. The minimum atomic E-state index is -0.116.